The molecule has 0 saturated carbocycles. The molecule has 0 fully saturated rings. The Bertz CT molecular complexity index is 759. The Labute approximate surface area is 122 Å². The monoisotopic (exact) mass is 278 g/mol. The van der Waals surface area contributed by atoms with Gasteiger partial charge in [0.25, 0.3) is 0 Å². The lowest BCUT2D eigenvalue weighted by Crippen LogP contribution is -2.15. The number of allylic oxidation sites excluding steroid dienone is 1. The Morgan fingerprint density at radius 1 is 0.952 bits per heavy atom. The van der Waals surface area contributed by atoms with E-state index in [4.69, 9.17) is 9.47 Å². The van der Waals surface area contributed by atoms with Gasteiger partial charge in [0, 0.05) is 17.6 Å². The molecule has 2 aromatic rings. The molecular weight excluding hydrogens is 264 g/mol. The number of hydrogen-bond acceptors (Lipinski definition) is 3. The third-order valence-corrected chi connectivity index (χ3v) is 3.84. The highest BCUT2D eigenvalue weighted by Crippen LogP contribution is 2.33. The molecule has 2 aliphatic rings. The van der Waals surface area contributed by atoms with Gasteiger partial charge in [-0.05, 0) is 29.3 Å². The zero-order valence-corrected chi connectivity index (χ0v) is 11.5. The quantitative estimate of drug-likeness (QED) is 0.751. The fourth-order valence-electron chi connectivity index (χ4n) is 2.82. The van der Waals surface area contributed by atoms with Gasteiger partial charge in [-0.2, -0.15) is 0 Å². The minimum absolute atomic E-state index is 0.125. The summed E-state index contributed by atoms with van der Waals surface area (Å²) < 4.78 is 11.1. The van der Waals surface area contributed by atoms with Crippen LogP contribution in [0.3, 0.4) is 0 Å². The molecule has 104 valence electrons. The minimum atomic E-state index is 0.125. The maximum Gasteiger partial charge on any atom is 0.189 e. The van der Waals surface area contributed by atoms with Gasteiger partial charge in [-0.15, -0.1) is 0 Å². The average Bonchev–Trinajstić information content (AvgIpc) is 2.84. The lowest BCUT2D eigenvalue weighted by Gasteiger charge is -2.18. The topological polar surface area (TPSA) is 35.5 Å². The summed E-state index contributed by atoms with van der Waals surface area (Å²) in [6.07, 6.45) is 2.64. The van der Waals surface area contributed by atoms with Gasteiger partial charge in [0.2, 0.25) is 0 Å². The molecule has 3 heteroatoms. The highest BCUT2D eigenvalue weighted by Gasteiger charge is 2.24. The standard InChI is InChI=1S/C18H14O3/c19-18-14(11-13-3-1-2-4-15(13)18)9-12-5-6-16-17(10-12)21-8-7-20-16/h1-6,9-10H,7-8,11H2. The van der Waals surface area contributed by atoms with Gasteiger partial charge in [0.05, 0.1) is 0 Å². The van der Waals surface area contributed by atoms with E-state index >= 15 is 0 Å². The molecule has 0 bridgehead atoms. The molecule has 3 nitrogen and oxygen atoms in total. The maximum absolute atomic E-state index is 12.4. The van der Waals surface area contributed by atoms with Crippen molar-refractivity contribution in [2.24, 2.45) is 0 Å². The summed E-state index contributed by atoms with van der Waals surface area (Å²) in [5.41, 5.74) is 3.72. The summed E-state index contributed by atoms with van der Waals surface area (Å²) in [4.78, 5) is 12.4. The number of rotatable bonds is 1. The van der Waals surface area contributed by atoms with E-state index in [-0.39, 0.29) is 5.78 Å². The first-order valence-corrected chi connectivity index (χ1v) is 7.04. The Morgan fingerprint density at radius 3 is 2.62 bits per heavy atom. The lowest BCUT2D eigenvalue weighted by atomic mass is 10.1. The fraction of sp³-hybridized carbons (Fsp3) is 0.167. The van der Waals surface area contributed by atoms with E-state index in [9.17, 15) is 4.79 Å². The first-order chi connectivity index (χ1) is 10.3. The highest BCUT2D eigenvalue weighted by atomic mass is 16.6. The SMILES string of the molecule is O=C1C(=Cc2ccc3c(c2)OCCO3)Cc2ccccc21. The van der Waals surface area contributed by atoms with Gasteiger partial charge >= 0.3 is 0 Å². The zero-order chi connectivity index (χ0) is 14.2. The molecule has 1 aliphatic heterocycles. The van der Waals surface area contributed by atoms with Crippen LogP contribution in [0.2, 0.25) is 0 Å². The van der Waals surface area contributed by atoms with Crippen molar-refractivity contribution in [2.45, 2.75) is 6.42 Å². The molecule has 0 aromatic heterocycles. The van der Waals surface area contributed by atoms with E-state index in [0.717, 1.165) is 33.8 Å². The normalized spacial score (nSPS) is 17.9. The number of hydrogen-bond donors (Lipinski definition) is 0. The molecule has 1 heterocycles. The van der Waals surface area contributed by atoms with Gasteiger partial charge in [0.15, 0.2) is 17.3 Å². The molecule has 0 unspecified atom stereocenters. The Morgan fingerprint density at radius 2 is 1.76 bits per heavy atom. The Kier molecular flexibility index (Phi) is 2.78. The third kappa shape index (κ3) is 2.11. The summed E-state index contributed by atoms with van der Waals surface area (Å²) >= 11 is 0. The van der Waals surface area contributed by atoms with Crippen molar-refractivity contribution in [3.8, 4) is 11.5 Å². The molecule has 0 radical (unpaired) electrons. The highest BCUT2D eigenvalue weighted by molar-refractivity contribution is 6.15. The van der Waals surface area contributed by atoms with Crippen molar-refractivity contribution in [1.82, 2.24) is 0 Å². The van der Waals surface area contributed by atoms with Gasteiger partial charge in [-0.3, -0.25) is 4.79 Å². The summed E-state index contributed by atoms with van der Waals surface area (Å²) in [5.74, 6) is 1.64. The van der Waals surface area contributed by atoms with Crippen molar-refractivity contribution in [2.75, 3.05) is 13.2 Å². The number of carbonyl (C=O) groups is 1. The molecule has 4 rings (SSSR count). The molecule has 0 saturated heterocycles. The first-order valence-electron chi connectivity index (χ1n) is 7.04. The molecule has 21 heavy (non-hydrogen) atoms. The smallest absolute Gasteiger partial charge is 0.189 e. The second kappa shape index (κ2) is 4.77. The predicted molar refractivity (Wildman–Crippen MR) is 79.9 cm³/mol. The van der Waals surface area contributed by atoms with Crippen LogP contribution in [0.1, 0.15) is 21.5 Å². The number of fused-ring (bicyclic) bond motifs is 2. The first kappa shape index (κ1) is 12.2. The molecule has 1 aliphatic carbocycles. The van der Waals surface area contributed by atoms with E-state index in [0.29, 0.717) is 19.6 Å². The van der Waals surface area contributed by atoms with Crippen LogP contribution < -0.4 is 9.47 Å². The largest absolute Gasteiger partial charge is 0.486 e. The predicted octanol–water partition coefficient (Wildman–Crippen LogP) is 3.28. The molecule has 0 N–H and O–H groups in total. The van der Waals surface area contributed by atoms with E-state index < -0.39 is 0 Å². The van der Waals surface area contributed by atoms with Crippen molar-refractivity contribution >= 4 is 11.9 Å². The maximum atomic E-state index is 12.4. The van der Waals surface area contributed by atoms with Crippen LogP contribution in [0.4, 0.5) is 0 Å². The molecule has 2 aromatic carbocycles. The number of carbonyl (C=O) groups excluding carboxylic acids is 1. The van der Waals surface area contributed by atoms with E-state index in [1.54, 1.807) is 0 Å². The zero-order valence-electron chi connectivity index (χ0n) is 11.5. The molecular formula is C18H14O3. The van der Waals surface area contributed by atoms with Crippen LogP contribution in [-0.4, -0.2) is 19.0 Å². The van der Waals surface area contributed by atoms with E-state index in [2.05, 4.69) is 0 Å². The van der Waals surface area contributed by atoms with Crippen molar-refractivity contribution in [3.05, 3.63) is 64.7 Å². The fourth-order valence-corrected chi connectivity index (χ4v) is 2.82. The van der Waals surface area contributed by atoms with Crippen LogP contribution >= 0.6 is 0 Å². The van der Waals surface area contributed by atoms with Gasteiger partial charge in [-0.25, -0.2) is 0 Å². The van der Waals surface area contributed by atoms with Gasteiger partial charge in [0.1, 0.15) is 13.2 Å². The third-order valence-electron chi connectivity index (χ3n) is 3.84. The minimum Gasteiger partial charge on any atom is -0.486 e. The molecule has 0 atom stereocenters. The van der Waals surface area contributed by atoms with E-state index in [1.165, 1.54) is 0 Å². The second-order valence-electron chi connectivity index (χ2n) is 5.24. The van der Waals surface area contributed by atoms with E-state index in [1.807, 2.05) is 48.5 Å². The Balaban J connectivity index is 1.69. The van der Waals surface area contributed by atoms with Crippen LogP contribution in [-0.2, 0) is 6.42 Å². The molecule has 0 spiro atoms. The van der Waals surface area contributed by atoms with Crippen LogP contribution in [0.15, 0.2) is 48.0 Å². The lowest BCUT2D eigenvalue weighted by molar-refractivity contribution is 0.104. The number of Topliss-reactive ketones (excluding diaryl/α,β-unsaturated/α-hetero) is 1. The van der Waals surface area contributed by atoms with Crippen LogP contribution in [0, 0.1) is 0 Å². The summed E-state index contributed by atoms with van der Waals surface area (Å²) in [6.45, 7) is 1.15. The Hall–Kier alpha value is -2.55. The van der Waals surface area contributed by atoms with Crippen molar-refractivity contribution in [1.29, 1.82) is 0 Å². The van der Waals surface area contributed by atoms with Crippen LogP contribution in [0.5, 0.6) is 11.5 Å². The summed E-state index contributed by atoms with van der Waals surface area (Å²) in [6, 6.07) is 13.6. The summed E-state index contributed by atoms with van der Waals surface area (Å²) in [7, 11) is 0. The van der Waals surface area contributed by atoms with Crippen molar-refractivity contribution < 1.29 is 14.3 Å². The summed E-state index contributed by atoms with van der Waals surface area (Å²) in [5, 5.41) is 0. The van der Waals surface area contributed by atoms with Crippen LogP contribution in [0.25, 0.3) is 6.08 Å². The number of ketones is 1. The second-order valence-corrected chi connectivity index (χ2v) is 5.24. The van der Waals surface area contributed by atoms with Crippen molar-refractivity contribution in [3.63, 3.8) is 0 Å². The average molecular weight is 278 g/mol. The van der Waals surface area contributed by atoms with Gasteiger partial charge in [-0.1, -0.05) is 30.3 Å². The van der Waals surface area contributed by atoms with Gasteiger partial charge < -0.3 is 9.47 Å². The number of benzene rings is 2. The number of ether oxygens (including phenoxy) is 2. The molecule has 0 amide bonds.